The first-order chi connectivity index (χ1) is 8.31. The van der Waals surface area contributed by atoms with Gasteiger partial charge in [-0.05, 0) is 29.8 Å². The molecular weight excluding hydrogens is 232 g/mol. The highest BCUT2D eigenvalue weighted by atomic mass is 35.5. The van der Waals surface area contributed by atoms with E-state index >= 15 is 0 Å². The van der Waals surface area contributed by atoms with Gasteiger partial charge in [-0.15, -0.1) is 0 Å². The minimum atomic E-state index is 0.672. The van der Waals surface area contributed by atoms with Gasteiger partial charge >= 0.3 is 0 Å². The number of nitriles is 1. The molecule has 0 aliphatic heterocycles. The predicted octanol–water partition coefficient (Wildman–Crippen LogP) is 3.69. The second-order valence-corrected chi connectivity index (χ2v) is 3.85. The van der Waals surface area contributed by atoms with Crippen LogP contribution in [0.4, 0.5) is 0 Å². The van der Waals surface area contributed by atoms with Crippen molar-refractivity contribution in [2.24, 2.45) is 0 Å². The van der Waals surface area contributed by atoms with Crippen LogP contribution in [0.3, 0.4) is 0 Å². The Labute approximate surface area is 105 Å². The van der Waals surface area contributed by atoms with E-state index in [4.69, 9.17) is 16.9 Å². The summed E-state index contributed by atoms with van der Waals surface area (Å²) < 4.78 is 0. The van der Waals surface area contributed by atoms with Gasteiger partial charge in [0.25, 0.3) is 0 Å². The molecule has 0 aliphatic carbocycles. The summed E-state index contributed by atoms with van der Waals surface area (Å²) in [5, 5.41) is 9.51. The van der Waals surface area contributed by atoms with Crippen LogP contribution in [0.15, 0.2) is 54.7 Å². The Bertz CT molecular complexity index is 565. The Morgan fingerprint density at radius 2 is 1.94 bits per heavy atom. The van der Waals surface area contributed by atoms with Crippen LogP contribution >= 0.6 is 11.6 Å². The lowest BCUT2D eigenvalue weighted by molar-refractivity contribution is 1.27. The zero-order valence-corrected chi connectivity index (χ0v) is 9.72. The first-order valence-corrected chi connectivity index (χ1v) is 5.46. The van der Waals surface area contributed by atoms with Crippen LogP contribution in [0.2, 0.25) is 5.02 Å². The fourth-order valence-corrected chi connectivity index (χ4v) is 1.65. The van der Waals surface area contributed by atoms with Gasteiger partial charge in [0.05, 0.1) is 11.8 Å². The fraction of sp³-hybridized carbons (Fsp3) is 0. The Morgan fingerprint density at radius 3 is 2.53 bits per heavy atom. The average Bonchev–Trinajstić information content (AvgIpc) is 2.38. The highest BCUT2D eigenvalue weighted by molar-refractivity contribution is 6.30. The van der Waals surface area contributed by atoms with E-state index in [0.29, 0.717) is 5.02 Å². The summed E-state index contributed by atoms with van der Waals surface area (Å²) in [6, 6.07) is 15.0. The van der Waals surface area contributed by atoms with Crippen molar-refractivity contribution in [2.45, 2.75) is 0 Å². The van der Waals surface area contributed by atoms with Gasteiger partial charge in [0.1, 0.15) is 0 Å². The molecule has 17 heavy (non-hydrogen) atoms. The lowest BCUT2D eigenvalue weighted by atomic mass is 10.0. The third kappa shape index (κ3) is 2.72. The molecule has 1 aromatic heterocycles. The summed E-state index contributed by atoms with van der Waals surface area (Å²) in [6.07, 6.45) is 3.20. The summed E-state index contributed by atoms with van der Waals surface area (Å²) in [7, 11) is 0. The van der Waals surface area contributed by atoms with Crippen molar-refractivity contribution >= 4 is 17.2 Å². The monoisotopic (exact) mass is 240 g/mol. The summed E-state index contributed by atoms with van der Waals surface area (Å²) >= 11 is 5.84. The first kappa shape index (κ1) is 11.4. The van der Waals surface area contributed by atoms with E-state index < -0.39 is 0 Å². The molecule has 2 nitrogen and oxygen atoms in total. The molecule has 2 aromatic rings. The zero-order valence-electron chi connectivity index (χ0n) is 8.97. The minimum absolute atomic E-state index is 0.672. The lowest BCUT2D eigenvalue weighted by Gasteiger charge is -2.05. The molecule has 0 saturated heterocycles. The van der Waals surface area contributed by atoms with Crippen molar-refractivity contribution in [1.29, 1.82) is 5.26 Å². The SMILES string of the molecule is N#C/C=C(/c1ccc(Cl)cc1)c1ccccn1. The molecule has 82 valence electrons. The van der Waals surface area contributed by atoms with E-state index in [9.17, 15) is 0 Å². The van der Waals surface area contributed by atoms with Gasteiger partial charge < -0.3 is 0 Å². The largest absolute Gasteiger partial charge is 0.256 e. The number of nitrogens with zero attached hydrogens (tertiary/aromatic N) is 2. The van der Waals surface area contributed by atoms with Crippen molar-refractivity contribution in [3.8, 4) is 6.07 Å². The maximum absolute atomic E-state index is 8.83. The van der Waals surface area contributed by atoms with Gasteiger partial charge in [-0.25, -0.2) is 0 Å². The van der Waals surface area contributed by atoms with Crippen LogP contribution < -0.4 is 0 Å². The third-order valence-corrected chi connectivity index (χ3v) is 2.56. The second kappa shape index (κ2) is 5.29. The van der Waals surface area contributed by atoms with Crippen LogP contribution in [-0.4, -0.2) is 4.98 Å². The van der Waals surface area contributed by atoms with E-state index in [2.05, 4.69) is 4.98 Å². The van der Waals surface area contributed by atoms with Crippen LogP contribution in [0.5, 0.6) is 0 Å². The summed E-state index contributed by atoms with van der Waals surface area (Å²) in [5.74, 6) is 0. The van der Waals surface area contributed by atoms with Gasteiger partial charge in [0.2, 0.25) is 0 Å². The number of hydrogen-bond acceptors (Lipinski definition) is 2. The first-order valence-electron chi connectivity index (χ1n) is 5.08. The number of allylic oxidation sites excluding steroid dienone is 1. The quantitative estimate of drug-likeness (QED) is 0.751. The van der Waals surface area contributed by atoms with E-state index in [1.807, 2.05) is 36.4 Å². The number of hydrogen-bond donors (Lipinski definition) is 0. The molecule has 0 spiro atoms. The molecule has 3 heteroatoms. The second-order valence-electron chi connectivity index (χ2n) is 3.41. The molecule has 2 rings (SSSR count). The number of benzene rings is 1. The van der Waals surface area contributed by atoms with Crippen LogP contribution in [-0.2, 0) is 0 Å². The van der Waals surface area contributed by atoms with Crippen LogP contribution in [0.1, 0.15) is 11.3 Å². The van der Waals surface area contributed by atoms with E-state index in [-0.39, 0.29) is 0 Å². The summed E-state index contributed by atoms with van der Waals surface area (Å²) in [6.45, 7) is 0. The highest BCUT2D eigenvalue weighted by Gasteiger charge is 2.05. The third-order valence-electron chi connectivity index (χ3n) is 2.30. The lowest BCUT2D eigenvalue weighted by Crippen LogP contribution is -1.90. The van der Waals surface area contributed by atoms with Crippen molar-refractivity contribution in [2.75, 3.05) is 0 Å². The number of rotatable bonds is 2. The molecule has 0 N–H and O–H groups in total. The number of aromatic nitrogens is 1. The van der Waals surface area contributed by atoms with Crippen molar-refractivity contribution in [1.82, 2.24) is 4.98 Å². The van der Waals surface area contributed by atoms with Crippen molar-refractivity contribution in [3.05, 3.63) is 71.0 Å². The van der Waals surface area contributed by atoms with Crippen molar-refractivity contribution < 1.29 is 0 Å². The van der Waals surface area contributed by atoms with Crippen LogP contribution in [0, 0.1) is 11.3 Å². The Hall–Kier alpha value is -2.11. The topological polar surface area (TPSA) is 36.7 Å². The molecule has 0 unspecified atom stereocenters. The molecule has 0 bridgehead atoms. The van der Waals surface area contributed by atoms with E-state index in [1.165, 1.54) is 6.08 Å². The molecular formula is C14H9ClN2. The molecule has 0 radical (unpaired) electrons. The molecule has 0 fully saturated rings. The normalized spacial score (nSPS) is 10.9. The number of pyridine rings is 1. The number of halogens is 1. The fourth-order valence-electron chi connectivity index (χ4n) is 1.52. The van der Waals surface area contributed by atoms with Crippen LogP contribution in [0.25, 0.3) is 5.57 Å². The van der Waals surface area contributed by atoms with Gasteiger partial charge in [-0.2, -0.15) is 5.26 Å². The Morgan fingerprint density at radius 1 is 1.18 bits per heavy atom. The Balaban J connectivity index is 2.48. The molecule has 0 amide bonds. The summed E-state index contributed by atoms with van der Waals surface area (Å²) in [5.41, 5.74) is 2.50. The highest BCUT2D eigenvalue weighted by Crippen LogP contribution is 2.22. The maximum atomic E-state index is 8.83. The van der Waals surface area contributed by atoms with E-state index in [1.54, 1.807) is 18.3 Å². The zero-order chi connectivity index (χ0) is 12.1. The molecule has 1 aromatic carbocycles. The van der Waals surface area contributed by atoms with Crippen molar-refractivity contribution in [3.63, 3.8) is 0 Å². The molecule has 1 heterocycles. The molecule has 0 atom stereocenters. The predicted molar refractivity (Wildman–Crippen MR) is 68.4 cm³/mol. The Kier molecular flexibility index (Phi) is 3.54. The molecule has 0 aliphatic rings. The summed E-state index contributed by atoms with van der Waals surface area (Å²) in [4.78, 5) is 4.24. The van der Waals surface area contributed by atoms with Gasteiger partial charge in [-0.3, -0.25) is 4.98 Å². The smallest absolute Gasteiger partial charge is 0.0919 e. The van der Waals surface area contributed by atoms with Gasteiger partial charge in [0, 0.05) is 22.9 Å². The van der Waals surface area contributed by atoms with Gasteiger partial charge in [0.15, 0.2) is 0 Å². The standard InChI is InChI=1S/C14H9ClN2/c15-12-6-4-11(5-7-12)13(8-9-16)14-3-1-2-10-17-14/h1-8,10H/b13-8-. The maximum Gasteiger partial charge on any atom is 0.0919 e. The molecule has 0 saturated carbocycles. The van der Waals surface area contributed by atoms with Gasteiger partial charge in [-0.1, -0.05) is 29.8 Å². The minimum Gasteiger partial charge on any atom is -0.256 e. The average molecular weight is 241 g/mol. The van der Waals surface area contributed by atoms with E-state index in [0.717, 1.165) is 16.8 Å².